The number of Topliss-reactive ketones (excluding diaryl/α,β-unsaturated/α-hetero) is 1. The van der Waals surface area contributed by atoms with E-state index in [1.165, 1.54) is 0 Å². The van der Waals surface area contributed by atoms with Gasteiger partial charge < -0.3 is 24.3 Å². The minimum absolute atomic E-state index is 0.0221. The average Bonchev–Trinajstić information content (AvgIpc) is 2.90. The van der Waals surface area contributed by atoms with Crippen molar-refractivity contribution >= 4 is 11.8 Å². The van der Waals surface area contributed by atoms with Crippen LogP contribution in [-0.4, -0.2) is 45.8 Å². The molecule has 2 aliphatic rings. The van der Waals surface area contributed by atoms with Crippen LogP contribution in [0.25, 0.3) is 0 Å². The molecule has 7 heteroatoms. The number of ether oxygens (including phenoxy) is 4. The minimum atomic E-state index is -0.490. The Hall–Kier alpha value is -3.58. The fourth-order valence-electron chi connectivity index (χ4n) is 5.29. The largest absolute Gasteiger partial charge is 0.493 e. The Bertz CT molecular complexity index is 1240. The zero-order valence-corrected chi connectivity index (χ0v) is 22.2. The van der Waals surface area contributed by atoms with Gasteiger partial charge >= 0.3 is 5.97 Å². The maximum Gasteiger partial charge on any atom is 0.336 e. The van der Waals surface area contributed by atoms with Gasteiger partial charge in [-0.2, -0.15) is 0 Å². The van der Waals surface area contributed by atoms with Crippen LogP contribution in [0.1, 0.15) is 55.2 Å². The smallest absolute Gasteiger partial charge is 0.336 e. The maximum atomic E-state index is 13.8. The molecule has 1 aliphatic carbocycles. The second-order valence-corrected chi connectivity index (χ2v) is 9.32. The second-order valence-electron chi connectivity index (χ2n) is 9.32. The third kappa shape index (κ3) is 5.42. The molecule has 2 aromatic carbocycles. The SMILES string of the molecule is CCOCCOC(=O)C1=C(C)NC2=C(C(=O)C[C@@H](c3ccc(OC)c(OC)c3)C2)[C@H]1c1ccccc1C. The van der Waals surface area contributed by atoms with Gasteiger partial charge in [-0.25, -0.2) is 4.79 Å². The minimum Gasteiger partial charge on any atom is -0.493 e. The van der Waals surface area contributed by atoms with Gasteiger partial charge in [0.15, 0.2) is 17.3 Å². The molecule has 2 atom stereocenters. The molecule has 0 saturated carbocycles. The van der Waals surface area contributed by atoms with Gasteiger partial charge in [0, 0.05) is 35.9 Å². The first-order valence-electron chi connectivity index (χ1n) is 12.7. The van der Waals surface area contributed by atoms with E-state index in [1.54, 1.807) is 14.2 Å². The third-order valence-electron chi connectivity index (χ3n) is 7.09. The highest BCUT2D eigenvalue weighted by atomic mass is 16.6. The molecule has 1 aliphatic heterocycles. The van der Waals surface area contributed by atoms with E-state index >= 15 is 0 Å². The number of methoxy groups -OCH3 is 2. The van der Waals surface area contributed by atoms with Crippen molar-refractivity contribution in [3.63, 3.8) is 0 Å². The Kier molecular flexibility index (Phi) is 8.34. The third-order valence-corrected chi connectivity index (χ3v) is 7.09. The summed E-state index contributed by atoms with van der Waals surface area (Å²) in [6.07, 6.45) is 0.979. The van der Waals surface area contributed by atoms with E-state index in [9.17, 15) is 9.59 Å². The molecule has 4 rings (SSSR count). The van der Waals surface area contributed by atoms with Crippen molar-refractivity contribution in [1.82, 2.24) is 5.32 Å². The van der Waals surface area contributed by atoms with Gasteiger partial charge in [-0.05, 0) is 61.9 Å². The lowest BCUT2D eigenvalue weighted by Gasteiger charge is -2.37. The van der Waals surface area contributed by atoms with Crippen molar-refractivity contribution in [1.29, 1.82) is 0 Å². The highest BCUT2D eigenvalue weighted by Crippen LogP contribution is 2.47. The molecule has 0 aromatic heterocycles. The molecular formula is C30H35NO6. The number of dihydropyridines is 1. The summed E-state index contributed by atoms with van der Waals surface area (Å²) in [6, 6.07) is 13.7. The number of rotatable bonds is 9. The summed E-state index contributed by atoms with van der Waals surface area (Å²) in [5.41, 5.74) is 5.64. The highest BCUT2D eigenvalue weighted by molar-refractivity contribution is 6.04. The number of hydrogen-bond donors (Lipinski definition) is 1. The van der Waals surface area contributed by atoms with Crippen molar-refractivity contribution in [2.45, 2.75) is 45.4 Å². The second kappa shape index (κ2) is 11.6. The zero-order valence-electron chi connectivity index (χ0n) is 22.2. The van der Waals surface area contributed by atoms with Crippen molar-refractivity contribution in [2.24, 2.45) is 0 Å². The number of esters is 1. The topological polar surface area (TPSA) is 83.1 Å². The maximum absolute atomic E-state index is 13.8. The molecule has 0 spiro atoms. The number of benzene rings is 2. The normalized spacial score (nSPS) is 19.3. The molecule has 0 fully saturated rings. The predicted octanol–water partition coefficient (Wildman–Crippen LogP) is 4.95. The van der Waals surface area contributed by atoms with Crippen molar-refractivity contribution < 1.29 is 28.5 Å². The highest BCUT2D eigenvalue weighted by Gasteiger charge is 2.42. The van der Waals surface area contributed by atoms with E-state index in [0.29, 0.717) is 54.4 Å². The molecule has 0 amide bonds. The van der Waals surface area contributed by atoms with Gasteiger partial charge in [-0.3, -0.25) is 4.79 Å². The summed E-state index contributed by atoms with van der Waals surface area (Å²) in [4.78, 5) is 27.1. The quantitative estimate of drug-likeness (QED) is 0.381. The number of hydrogen-bond acceptors (Lipinski definition) is 7. The van der Waals surface area contributed by atoms with Crippen LogP contribution in [0, 0.1) is 6.92 Å². The van der Waals surface area contributed by atoms with Gasteiger partial charge in [0.25, 0.3) is 0 Å². The van der Waals surface area contributed by atoms with E-state index in [4.69, 9.17) is 18.9 Å². The first-order chi connectivity index (χ1) is 17.9. The van der Waals surface area contributed by atoms with Gasteiger partial charge in [-0.15, -0.1) is 0 Å². The molecule has 1 heterocycles. The van der Waals surface area contributed by atoms with Crippen molar-refractivity contribution in [3.8, 4) is 11.5 Å². The van der Waals surface area contributed by atoms with E-state index in [0.717, 1.165) is 22.4 Å². The predicted molar refractivity (Wildman–Crippen MR) is 141 cm³/mol. The van der Waals surface area contributed by atoms with Crippen LogP contribution < -0.4 is 14.8 Å². The fourth-order valence-corrected chi connectivity index (χ4v) is 5.29. The van der Waals surface area contributed by atoms with E-state index in [2.05, 4.69) is 5.32 Å². The molecule has 0 unspecified atom stereocenters. The Morgan fingerprint density at radius 3 is 2.46 bits per heavy atom. The number of allylic oxidation sites excluding steroid dienone is 3. The molecule has 2 aromatic rings. The van der Waals surface area contributed by atoms with Crippen LogP contribution >= 0.6 is 0 Å². The van der Waals surface area contributed by atoms with E-state index in [-0.39, 0.29) is 18.3 Å². The Labute approximate surface area is 218 Å². The lowest BCUT2D eigenvalue weighted by atomic mass is 9.71. The van der Waals surface area contributed by atoms with Gasteiger partial charge in [0.2, 0.25) is 0 Å². The summed E-state index contributed by atoms with van der Waals surface area (Å²) < 4.78 is 21.8. The number of carbonyl (C=O) groups is 2. The van der Waals surface area contributed by atoms with Crippen LogP contribution in [0.3, 0.4) is 0 Å². The van der Waals surface area contributed by atoms with Crippen LogP contribution in [0.15, 0.2) is 65.0 Å². The zero-order chi connectivity index (χ0) is 26.5. The van der Waals surface area contributed by atoms with Crippen LogP contribution in [0.2, 0.25) is 0 Å². The monoisotopic (exact) mass is 505 g/mol. The molecule has 0 saturated heterocycles. The molecule has 0 radical (unpaired) electrons. The summed E-state index contributed by atoms with van der Waals surface area (Å²) in [6.45, 7) is 6.82. The van der Waals surface area contributed by atoms with Gasteiger partial charge in [-0.1, -0.05) is 30.3 Å². The Morgan fingerprint density at radius 1 is 1.00 bits per heavy atom. The first-order valence-corrected chi connectivity index (χ1v) is 12.7. The van der Waals surface area contributed by atoms with Gasteiger partial charge in [0.05, 0.1) is 26.4 Å². The fraction of sp³-hybridized carbons (Fsp3) is 0.400. The number of ketones is 1. The van der Waals surface area contributed by atoms with Crippen LogP contribution in [-0.2, 0) is 19.1 Å². The Balaban J connectivity index is 1.72. The summed E-state index contributed by atoms with van der Waals surface area (Å²) >= 11 is 0. The van der Waals surface area contributed by atoms with Crippen molar-refractivity contribution in [3.05, 3.63) is 81.7 Å². The lowest BCUT2D eigenvalue weighted by molar-refractivity contribution is -0.140. The van der Waals surface area contributed by atoms with E-state index in [1.807, 2.05) is 63.2 Å². The lowest BCUT2D eigenvalue weighted by Crippen LogP contribution is -2.36. The standard InChI is InChI=1S/C30H35NO6/c1-6-36-13-14-37-30(33)27-19(3)31-23-15-21(20-11-12-25(34-4)26(17-20)35-5)16-24(32)29(23)28(27)22-10-8-7-9-18(22)2/h7-12,17,21,28,31H,6,13-16H2,1-5H3/t21-,28-/m0/s1. The Morgan fingerprint density at radius 2 is 1.76 bits per heavy atom. The molecule has 196 valence electrons. The summed E-state index contributed by atoms with van der Waals surface area (Å²) in [7, 11) is 3.21. The molecule has 37 heavy (non-hydrogen) atoms. The molecule has 7 nitrogen and oxygen atoms in total. The first kappa shape index (κ1) is 26.5. The number of aryl methyl sites for hydroxylation is 1. The molecule has 0 bridgehead atoms. The number of nitrogens with one attached hydrogen (secondary N) is 1. The van der Waals surface area contributed by atoms with E-state index < -0.39 is 11.9 Å². The average molecular weight is 506 g/mol. The van der Waals surface area contributed by atoms with Gasteiger partial charge in [0.1, 0.15) is 6.61 Å². The number of carbonyl (C=O) groups excluding carboxylic acids is 2. The summed E-state index contributed by atoms with van der Waals surface area (Å²) in [5, 5.41) is 3.40. The van der Waals surface area contributed by atoms with Crippen LogP contribution in [0.4, 0.5) is 0 Å². The molecular weight excluding hydrogens is 470 g/mol. The summed E-state index contributed by atoms with van der Waals surface area (Å²) in [5.74, 6) is 0.359. The van der Waals surface area contributed by atoms with Crippen LogP contribution in [0.5, 0.6) is 11.5 Å². The molecule has 1 N–H and O–H groups in total. The van der Waals surface area contributed by atoms with Crippen molar-refractivity contribution in [2.75, 3.05) is 34.0 Å².